The third-order valence-electron chi connectivity index (χ3n) is 5.32. The predicted octanol–water partition coefficient (Wildman–Crippen LogP) is 2.94. The van der Waals surface area contributed by atoms with E-state index in [1.54, 1.807) is 0 Å². The van der Waals surface area contributed by atoms with Crippen molar-refractivity contribution in [3.63, 3.8) is 0 Å². The molecule has 2 heterocycles. The summed E-state index contributed by atoms with van der Waals surface area (Å²) in [6.07, 6.45) is 4.44. The quantitative estimate of drug-likeness (QED) is 0.475. The van der Waals surface area contributed by atoms with E-state index in [2.05, 4.69) is 111 Å². The number of nitrogens with zero attached hydrogens (tertiary/aromatic N) is 2. The maximum Gasteiger partial charge on any atom is 0.254 e. The minimum Gasteiger partial charge on any atom is -1.00 e. The second-order valence-electron chi connectivity index (χ2n) is 7.85. The van der Waals surface area contributed by atoms with Gasteiger partial charge in [0.2, 0.25) is 0 Å². The van der Waals surface area contributed by atoms with Gasteiger partial charge in [0.15, 0.2) is 5.52 Å². The molecule has 2 aromatic heterocycles. The van der Waals surface area contributed by atoms with E-state index in [0.717, 1.165) is 0 Å². The number of hydrogen-bond acceptors (Lipinski definition) is 0. The molecule has 0 spiro atoms. The lowest BCUT2D eigenvalue weighted by molar-refractivity contribution is -0.594. The van der Waals surface area contributed by atoms with Crippen LogP contribution >= 0.6 is 0 Å². The molecule has 0 saturated carbocycles. The number of hydrogen-bond donors (Lipinski definition) is 0. The predicted molar refractivity (Wildman–Crippen MR) is 113 cm³/mol. The van der Waals surface area contributed by atoms with Crippen LogP contribution in [0.4, 0.5) is 0 Å². The largest absolute Gasteiger partial charge is 1.00 e. The fourth-order valence-corrected chi connectivity index (χ4v) is 4.23. The van der Waals surface area contributed by atoms with E-state index >= 15 is 0 Å². The first kappa shape index (κ1) is 20.2. The second kappa shape index (κ2) is 7.81. The standard InChI is InChI=1S/C25H27N2.ClH/c1-17(2)22-10-6-7-11-23(22)24-12-8-9-21-15-26(16-27(21)24)25-19(4)13-18(3)14-20(25)5;/h6-17H,1-5H3;1H/q+1;/p-1. The molecule has 0 saturated heterocycles. The Kier molecular flexibility index (Phi) is 5.62. The average Bonchev–Trinajstić information content (AvgIpc) is 3.04. The van der Waals surface area contributed by atoms with Crippen LogP contribution in [0.5, 0.6) is 0 Å². The molecule has 0 N–H and O–H groups in total. The molecule has 144 valence electrons. The van der Waals surface area contributed by atoms with Crippen LogP contribution in [-0.4, -0.2) is 4.40 Å². The first-order chi connectivity index (χ1) is 13.0. The molecule has 0 amide bonds. The van der Waals surface area contributed by atoms with E-state index in [0.29, 0.717) is 5.92 Å². The summed E-state index contributed by atoms with van der Waals surface area (Å²) < 4.78 is 4.57. The van der Waals surface area contributed by atoms with Crippen molar-refractivity contribution in [2.75, 3.05) is 0 Å². The molecule has 3 heteroatoms. The summed E-state index contributed by atoms with van der Waals surface area (Å²) in [5, 5.41) is 0. The fourth-order valence-electron chi connectivity index (χ4n) is 4.23. The van der Waals surface area contributed by atoms with E-state index in [1.165, 1.54) is 44.7 Å². The Morgan fingerprint density at radius 3 is 2.21 bits per heavy atom. The summed E-state index contributed by atoms with van der Waals surface area (Å²) in [6, 6.07) is 19.8. The molecule has 2 aromatic carbocycles. The molecule has 2 nitrogen and oxygen atoms in total. The lowest BCUT2D eigenvalue weighted by Crippen LogP contribution is -3.00. The number of rotatable bonds is 3. The average molecular weight is 391 g/mol. The van der Waals surface area contributed by atoms with Gasteiger partial charge in [-0.1, -0.05) is 61.9 Å². The number of aryl methyl sites for hydroxylation is 3. The van der Waals surface area contributed by atoms with Crippen LogP contribution < -0.4 is 17.0 Å². The van der Waals surface area contributed by atoms with Gasteiger partial charge in [0.05, 0.1) is 0 Å². The molecule has 0 radical (unpaired) electrons. The first-order valence-electron chi connectivity index (χ1n) is 9.65. The first-order valence-corrected chi connectivity index (χ1v) is 9.65. The minimum atomic E-state index is 0. The number of fused-ring (bicyclic) bond motifs is 1. The van der Waals surface area contributed by atoms with Crippen molar-refractivity contribution in [3.05, 3.63) is 89.4 Å². The smallest absolute Gasteiger partial charge is 0.254 e. The Balaban J connectivity index is 0.00000225. The lowest BCUT2D eigenvalue weighted by Gasteiger charge is -2.11. The molecule has 28 heavy (non-hydrogen) atoms. The number of halogens is 1. The molecular formula is C25H27ClN2. The molecule has 4 aromatic rings. The molecule has 4 rings (SSSR count). The lowest BCUT2D eigenvalue weighted by atomic mass is 9.95. The third-order valence-corrected chi connectivity index (χ3v) is 5.32. The number of pyridine rings is 1. The van der Waals surface area contributed by atoms with E-state index < -0.39 is 0 Å². The molecule has 0 fully saturated rings. The van der Waals surface area contributed by atoms with Gasteiger partial charge in [-0.05, 0) is 55.5 Å². The molecule has 0 atom stereocenters. The van der Waals surface area contributed by atoms with Gasteiger partial charge in [0.1, 0.15) is 17.6 Å². The van der Waals surface area contributed by atoms with Gasteiger partial charge in [0, 0.05) is 5.56 Å². The van der Waals surface area contributed by atoms with E-state index in [4.69, 9.17) is 0 Å². The van der Waals surface area contributed by atoms with Crippen LogP contribution in [0.1, 0.15) is 42.0 Å². The summed E-state index contributed by atoms with van der Waals surface area (Å²) in [5.41, 5.74) is 10.3. The monoisotopic (exact) mass is 390 g/mol. The van der Waals surface area contributed by atoms with Crippen molar-refractivity contribution < 1.29 is 17.0 Å². The summed E-state index contributed by atoms with van der Waals surface area (Å²) in [5.74, 6) is 0.487. The fraction of sp³-hybridized carbons (Fsp3) is 0.240. The Bertz CT molecular complexity index is 1120. The minimum absolute atomic E-state index is 0. The Hall–Kier alpha value is -2.58. The molecule has 0 aliphatic rings. The zero-order valence-corrected chi connectivity index (χ0v) is 18.0. The maximum atomic E-state index is 2.31. The van der Waals surface area contributed by atoms with Gasteiger partial charge in [-0.2, -0.15) is 4.40 Å². The molecular weight excluding hydrogens is 364 g/mol. The SMILES string of the molecule is Cc1cc(C)c(-[n+]2cc3cccc(-c4ccccc4C(C)C)n3c2)c(C)c1.[Cl-]. The summed E-state index contributed by atoms with van der Waals surface area (Å²) in [6.45, 7) is 11.1. The van der Waals surface area contributed by atoms with E-state index in [1.807, 2.05) is 0 Å². The van der Waals surface area contributed by atoms with Crippen molar-refractivity contribution in [1.29, 1.82) is 0 Å². The molecule has 0 unspecified atom stereocenters. The van der Waals surface area contributed by atoms with Gasteiger partial charge in [0.25, 0.3) is 6.33 Å². The highest BCUT2D eigenvalue weighted by Gasteiger charge is 2.19. The van der Waals surface area contributed by atoms with Gasteiger partial charge in [-0.25, -0.2) is 4.57 Å². The van der Waals surface area contributed by atoms with E-state index in [-0.39, 0.29) is 12.4 Å². The number of imidazole rings is 1. The van der Waals surface area contributed by atoms with Crippen molar-refractivity contribution in [2.24, 2.45) is 0 Å². The van der Waals surface area contributed by atoms with Gasteiger partial charge < -0.3 is 12.4 Å². The zero-order valence-electron chi connectivity index (χ0n) is 17.2. The van der Waals surface area contributed by atoms with Crippen molar-refractivity contribution in [1.82, 2.24) is 4.40 Å². The summed E-state index contributed by atoms with van der Waals surface area (Å²) >= 11 is 0. The van der Waals surface area contributed by atoms with Crippen molar-refractivity contribution >= 4 is 5.52 Å². The number of aromatic nitrogens is 2. The maximum absolute atomic E-state index is 2.31. The van der Waals surface area contributed by atoms with Crippen LogP contribution in [-0.2, 0) is 0 Å². The van der Waals surface area contributed by atoms with Crippen LogP contribution in [0.3, 0.4) is 0 Å². The number of benzene rings is 2. The van der Waals surface area contributed by atoms with Crippen molar-refractivity contribution in [3.8, 4) is 16.9 Å². The van der Waals surface area contributed by atoms with Crippen LogP contribution in [0, 0.1) is 20.8 Å². The normalized spacial score (nSPS) is 11.1. The molecule has 0 aliphatic heterocycles. The van der Waals surface area contributed by atoms with E-state index in [9.17, 15) is 0 Å². The zero-order chi connectivity index (χ0) is 19.1. The van der Waals surface area contributed by atoms with Crippen LogP contribution in [0.25, 0.3) is 22.5 Å². The Labute approximate surface area is 173 Å². The highest BCUT2D eigenvalue weighted by atomic mass is 35.5. The topological polar surface area (TPSA) is 8.29 Å². The molecule has 0 bridgehead atoms. The molecule has 0 aliphatic carbocycles. The highest BCUT2D eigenvalue weighted by molar-refractivity contribution is 5.68. The van der Waals surface area contributed by atoms with Crippen LogP contribution in [0.2, 0.25) is 0 Å². The Morgan fingerprint density at radius 2 is 1.54 bits per heavy atom. The Morgan fingerprint density at radius 1 is 0.857 bits per heavy atom. The summed E-state index contributed by atoms with van der Waals surface area (Å²) in [4.78, 5) is 0. The third kappa shape index (κ3) is 3.45. The van der Waals surface area contributed by atoms with Gasteiger partial charge >= 0.3 is 0 Å². The summed E-state index contributed by atoms with van der Waals surface area (Å²) in [7, 11) is 0. The van der Waals surface area contributed by atoms with Gasteiger partial charge in [-0.15, -0.1) is 0 Å². The van der Waals surface area contributed by atoms with Crippen LogP contribution in [0.15, 0.2) is 67.1 Å². The highest BCUT2D eigenvalue weighted by Crippen LogP contribution is 2.29. The van der Waals surface area contributed by atoms with Gasteiger partial charge in [-0.3, -0.25) is 0 Å². The van der Waals surface area contributed by atoms with Crippen molar-refractivity contribution in [2.45, 2.75) is 40.5 Å². The second-order valence-corrected chi connectivity index (χ2v) is 7.85.